The van der Waals surface area contributed by atoms with Crippen LogP contribution < -0.4 is 15.5 Å². The molecule has 0 aliphatic carbocycles. The van der Waals surface area contributed by atoms with E-state index < -0.39 is 0 Å². The fourth-order valence-corrected chi connectivity index (χ4v) is 3.72. The molecule has 3 heterocycles. The number of carbonyl (C=O) groups is 2. The second-order valence-electron chi connectivity index (χ2n) is 6.90. The van der Waals surface area contributed by atoms with Gasteiger partial charge in [0, 0.05) is 56.7 Å². The lowest BCUT2D eigenvalue weighted by atomic mass is 10.1. The van der Waals surface area contributed by atoms with Crippen LogP contribution in [0.3, 0.4) is 0 Å². The predicted molar refractivity (Wildman–Crippen MR) is 100.0 cm³/mol. The number of hydrogen-bond donors (Lipinski definition) is 2. The van der Waals surface area contributed by atoms with Gasteiger partial charge in [-0.2, -0.15) is 0 Å². The van der Waals surface area contributed by atoms with Gasteiger partial charge in [0.1, 0.15) is 0 Å². The highest BCUT2D eigenvalue weighted by Crippen LogP contribution is 2.22. The van der Waals surface area contributed by atoms with E-state index in [1.54, 1.807) is 0 Å². The number of carbonyl (C=O) groups excluding carboxylic acids is 2. The summed E-state index contributed by atoms with van der Waals surface area (Å²) in [5.74, 6) is 0.132. The van der Waals surface area contributed by atoms with Gasteiger partial charge < -0.3 is 20.1 Å². The molecule has 0 atom stereocenters. The molecule has 0 bridgehead atoms. The zero-order chi connectivity index (χ0) is 17.9. The Morgan fingerprint density at radius 2 is 2.12 bits per heavy atom. The minimum absolute atomic E-state index is 0.0538. The second-order valence-corrected chi connectivity index (χ2v) is 6.90. The van der Waals surface area contributed by atoms with Crippen LogP contribution in [0.25, 0.3) is 0 Å². The molecule has 1 aromatic carbocycles. The summed E-state index contributed by atoms with van der Waals surface area (Å²) >= 11 is 0. The van der Waals surface area contributed by atoms with E-state index in [-0.39, 0.29) is 11.8 Å². The summed E-state index contributed by atoms with van der Waals surface area (Å²) < 4.78 is 2.13. The van der Waals surface area contributed by atoms with E-state index in [1.807, 2.05) is 41.4 Å². The number of fused-ring (bicyclic) bond motifs is 1. The van der Waals surface area contributed by atoms with E-state index >= 15 is 0 Å². The highest BCUT2D eigenvalue weighted by Gasteiger charge is 2.20. The first-order valence-electron chi connectivity index (χ1n) is 9.28. The molecular weight excluding hydrogens is 328 g/mol. The monoisotopic (exact) mass is 352 g/mol. The number of nitrogens with one attached hydrogen (secondary N) is 2. The van der Waals surface area contributed by atoms with Gasteiger partial charge in [-0.15, -0.1) is 0 Å². The van der Waals surface area contributed by atoms with Gasteiger partial charge in [0.15, 0.2) is 0 Å². The zero-order valence-corrected chi connectivity index (χ0v) is 14.8. The molecule has 1 saturated heterocycles. The SMILES string of the molecule is O=C(NCc1cccc(N2CCCCC2=O)c1)c1ccn2c1CNCC2. The molecule has 0 radical (unpaired) electrons. The lowest BCUT2D eigenvalue weighted by Gasteiger charge is -2.27. The van der Waals surface area contributed by atoms with Crippen LogP contribution in [-0.4, -0.2) is 29.5 Å². The quantitative estimate of drug-likeness (QED) is 0.885. The molecule has 2 N–H and O–H groups in total. The summed E-state index contributed by atoms with van der Waals surface area (Å²) in [5.41, 5.74) is 3.70. The minimum atomic E-state index is -0.0538. The van der Waals surface area contributed by atoms with Crippen molar-refractivity contribution in [3.8, 4) is 0 Å². The standard InChI is InChI=1S/C20H24N4O2/c25-19-6-1-2-9-24(19)16-5-3-4-15(12-16)13-22-20(26)17-7-10-23-11-8-21-14-18(17)23/h3-5,7,10,12,21H,1-2,6,8-9,11,13-14H2,(H,22,26). The molecule has 1 fully saturated rings. The van der Waals surface area contributed by atoms with E-state index in [1.165, 1.54) is 0 Å². The Bertz CT molecular complexity index is 827. The number of benzene rings is 1. The molecule has 2 aliphatic rings. The fraction of sp³-hybridized carbons (Fsp3) is 0.400. The molecular formula is C20H24N4O2. The normalized spacial score (nSPS) is 17.1. The number of hydrogen-bond acceptors (Lipinski definition) is 3. The third-order valence-corrected chi connectivity index (χ3v) is 5.14. The Morgan fingerprint density at radius 1 is 1.19 bits per heavy atom. The molecule has 2 aromatic rings. The first-order valence-corrected chi connectivity index (χ1v) is 9.28. The van der Waals surface area contributed by atoms with Gasteiger partial charge in [0.2, 0.25) is 5.91 Å². The summed E-state index contributed by atoms with van der Waals surface area (Å²) in [6.07, 6.45) is 4.62. The van der Waals surface area contributed by atoms with Crippen molar-refractivity contribution in [2.24, 2.45) is 0 Å². The van der Waals surface area contributed by atoms with Crippen LogP contribution in [0.2, 0.25) is 0 Å². The maximum absolute atomic E-state index is 12.6. The van der Waals surface area contributed by atoms with Crippen molar-refractivity contribution in [1.29, 1.82) is 0 Å². The van der Waals surface area contributed by atoms with Crippen LogP contribution in [0.1, 0.15) is 40.9 Å². The van der Waals surface area contributed by atoms with Gasteiger partial charge in [0.05, 0.1) is 5.56 Å². The van der Waals surface area contributed by atoms with Crippen LogP contribution in [0.15, 0.2) is 36.5 Å². The maximum Gasteiger partial charge on any atom is 0.253 e. The van der Waals surface area contributed by atoms with Crippen molar-refractivity contribution in [2.45, 2.75) is 38.9 Å². The van der Waals surface area contributed by atoms with Crippen molar-refractivity contribution in [2.75, 3.05) is 18.0 Å². The van der Waals surface area contributed by atoms with Crippen LogP contribution in [-0.2, 0) is 24.4 Å². The van der Waals surface area contributed by atoms with Crippen LogP contribution in [0.5, 0.6) is 0 Å². The average Bonchev–Trinajstić information content (AvgIpc) is 3.11. The van der Waals surface area contributed by atoms with Crippen molar-refractivity contribution >= 4 is 17.5 Å². The molecule has 2 aliphatic heterocycles. The number of rotatable bonds is 4. The Labute approximate surface area is 153 Å². The molecule has 4 rings (SSSR count). The minimum Gasteiger partial charge on any atom is -0.348 e. The largest absolute Gasteiger partial charge is 0.348 e. The summed E-state index contributed by atoms with van der Waals surface area (Å²) in [6, 6.07) is 9.78. The molecule has 0 saturated carbocycles. The molecule has 26 heavy (non-hydrogen) atoms. The van der Waals surface area contributed by atoms with E-state index in [2.05, 4.69) is 15.2 Å². The molecule has 0 spiro atoms. The fourth-order valence-electron chi connectivity index (χ4n) is 3.72. The van der Waals surface area contributed by atoms with Gasteiger partial charge in [-0.25, -0.2) is 0 Å². The lowest BCUT2D eigenvalue weighted by molar-refractivity contribution is -0.119. The Balaban J connectivity index is 1.43. The summed E-state index contributed by atoms with van der Waals surface area (Å²) in [7, 11) is 0. The van der Waals surface area contributed by atoms with Gasteiger partial charge in [-0.3, -0.25) is 9.59 Å². The number of piperidine rings is 1. The summed E-state index contributed by atoms with van der Waals surface area (Å²) in [6.45, 7) is 3.78. The molecule has 2 amide bonds. The van der Waals surface area contributed by atoms with Crippen molar-refractivity contribution in [3.63, 3.8) is 0 Å². The van der Waals surface area contributed by atoms with Gasteiger partial charge in [-0.1, -0.05) is 12.1 Å². The molecule has 6 nitrogen and oxygen atoms in total. The Hall–Kier alpha value is -2.60. The molecule has 0 unspecified atom stereocenters. The predicted octanol–water partition coefficient (Wildman–Crippen LogP) is 2.04. The first-order chi connectivity index (χ1) is 12.7. The average molecular weight is 352 g/mol. The van der Waals surface area contributed by atoms with Gasteiger partial charge >= 0.3 is 0 Å². The summed E-state index contributed by atoms with van der Waals surface area (Å²) in [5, 5.41) is 6.32. The van der Waals surface area contributed by atoms with Crippen molar-refractivity contribution in [3.05, 3.63) is 53.3 Å². The van der Waals surface area contributed by atoms with Crippen LogP contribution in [0.4, 0.5) is 5.69 Å². The molecule has 1 aromatic heterocycles. The number of anilines is 1. The second kappa shape index (κ2) is 7.33. The van der Waals surface area contributed by atoms with Gasteiger partial charge in [-0.05, 0) is 36.6 Å². The van der Waals surface area contributed by atoms with E-state index in [4.69, 9.17) is 0 Å². The van der Waals surface area contributed by atoms with Crippen molar-refractivity contribution < 1.29 is 9.59 Å². The zero-order valence-electron chi connectivity index (χ0n) is 14.8. The van der Waals surface area contributed by atoms with E-state index in [0.717, 1.165) is 61.5 Å². The Morgan fingerprint density at radius 3 is 3.00 bits per heavy atom. The van der Waals surface area contributed by atoms with Crippen LogP contribution in [0, 0.1) is 0 Å². The third-order valence-electron chi connectivity index (χ3n) is 5.14. The number of nitrogens with zero attached hydrogens (tertiary/aromatic N) is 2. The number of aromatic nitrogens is 1. The number of amides is 2. The Kier molecular flexibility index (Phi) is 4.75. The highest BCUT2D eigenvalue weighted by molar-refractivity contribution is 5.96. The van der Waals surface area contributed by atoms with E-state index in [9.17, 15) is 9.59 Å². The topological polar surface area (TPSA) is 66.4 Å². The maximum atomic E-state index is 12.6. The first kappa shape index (κ1) is 16.8. The molecule has 136 valence electrons. The van der Waals surface area contributed by atoms with Gasteiger partial charge in [0.25, 0.3) is 5.91 Å². The lowest BCUT2D eigenvalue weighted by Crippen LogP contribution is -2.35. The van der Waals surface area contributed by atoms with Crippen molar-refractivity contribution in [1.82, 2.24) is 15.2 Å². The molecule has 6 heteroatoms. The van der Waals surface area contributed by atoms with E-state index in [0.29, 0.717) is 13.0 Å². The summed E-state index contributed by atoms with van der Waals surface area (Å²) in [4.78, 5) is 26.5. The highest BCUT2D eigenvalue weighted by atomic mass is 16.2. The third kappa shape index (κ3) is 3.37. The van der Waals surface area contributed by atoms with Crippen LogP contribution >= 0.6 is 0 Å². The smallest absolute Gasteiger partial charge is 0.253 e.